The Balaban J connectivity index is 1.86. The molecule has 2 aromatic carbocycles. The lowest BCUT2D eigenvalue weighted by Crippen LogP contribution is -2.40. The normalized spacial score (nSPS) is 11.9. The fourth-order valence-corrected chi connectivity index (χ4v) is 2.74. The summed E-state index contributed by atoms with van der Waals surface area (Å²) < 4.78 is 0. The van der Waals surface area contributed by atoms with E-state index in [9.17, 15) is 9.59 Å². The minimum absolute atomic E-state index is 0.0472. The SMILES string of the molecule is CN(C)C(CNC(=O)CNC(=O)c1ccc(Cl)c(Cl)c1)c1ccccc1. The lowest BCUT2D eigenvalue weighted by Gasteiger charge is -2.25. The van der Waals surface area contributed by atoms with Gasteiger partial charge in [-0.2, -0.15) is 0 Å². The van der Waals surface area contributed by atoms with Crippen LogP contribution in [-0.2, 0) is 4.79 Å². The first-order chi connectivity index (χ1) is 12.4. The highest BCUT2D eigenvalue weighted by atomic mass is 35.5. The molecule has 0 aromatic heterocycles. The average Bonchev–Trinajstić information content (AvgIpc) is 2.62. The Morgan fingerprint density at radius 2 is 1.69 bits per heavy atom. The highest BCUT2D eigenvalue weighted by Gasteiger charge is 2.15. The summed E-state index contributed by atoms with van der Waals surface area (Å²) in [5.74, 6) is -0.646. The van der Waals surface area contributed by atoms with Gasteiger partial charge in [0.05, 0.1) is 22.6 Å². The molecule has 2 rings (SSSR count). The molecule has 0 spiro atoms. The first-order valence-corrected chi connectivity index (χ1v) is 8.85. The molecular weight excluding hydrogens is 373 g/mol. The molecule has 1 unspecified atom stereocenters. The molecule has 0 fully saturated rings. The van der Waals surface area contributed by atoms with Crippen molar-refractivity contribution in [3.8, 4) is 0 Å². The van der Waals surface area contributed by atoms with E-state index in [-0.39, 0.29) is 24.4 Å². The van der Waals surface area contributed by atoms with E-state index in [4.69, 9.17) is 23.2 Å². The number of carbonyl (C=O) groups excluding carboxylic acids is 2. The van der Waals surface area contributed by atoms with Gasteiger partial charge in [-0.15, -0.1) is 0 Å². The molecule has 26 heavy (non-hydrogen) atoms. The molecule has 138 valence electrons. The molecule has 1 atom stereocenters. The summed E-state index contributed by atoms with van der Waals surface area (Å²) in [4.78, 5) is 26.2. The van der Waals surface area contributed by atoms with E-state index in [0.29, 0.717) is 22.2 Å². The molecule has 2 N–H and O–H groups in total. The van der Waals surface area contributed by atoms with Crippen molar-refractivity contribution in [2.45, 2.75) is 6.04 Å². The van der Waals surface area contributed by atoms with Crippen LogP contribution in [0.2, 0.25) is 10.0 Å². The quantitative estimate of drug-likeness (QED) is 0.759. The van der Waals surface area contributed by atoms with Gasteiger partial charge in [0.25, 0.3) is 5.91 Å². The van der Waals surface area contributed by atoms with Crippen LogP contribution in [0.1, 0.15) is 22.0 Å². The summed E-state index contributed by atoms with van der Waals surface area (Å²) in [7, 11) is 3.91. The standard InChI is InChI=1S/C19H21Cl2N3O2/c1-24(2)17(13-6-4-3-5-7-13)11-22-18(25)12-23-19(26)14-8-9-15(20)16(21)10-14/h3-10,17H,11-12H2,1-2H3,(H,22,25)(H,23,26). The third kappa shape index (κ3) is 5.73. The number of carbonyl (C=O) groups is 2. The smallest absolute Gasteiger partial charge is 0.251 e. The Morgan fingerprint density at radius 1 is 1.00 bits per heavy atom. The molecule has 2 amide bonds. The van der Waals surface area contributed by atoms with Gasteiger partial charge < -0.3 is 15.5 Å². The van der Waals surface area contributed by atoms with Crippen LogP contribution in [0.5, 0.6) is 0 Å². The van der Waals surface area contributed by atoms with Gasteiger partial charge >= 0.3 is 0 Å². The molecule has 0 saturated carbocycles. The number of halogens is 2. The summed E-state index contributed by atoms with van der Waals surface area (Å²) in [6.45, 7) is 0.326. The van der Waals surface area contributed by atoms with Crippen LogP contribution >= 0.6 is 23.2 Å². The zero-order valence-electron chi connectivity index (χ0n) is 14.6. The lowest BCUT2D eigenvalue weighted by atomic mass is 10.1. The summed E-state index contributed by atoms with van der Waals surface area (Å²) >= 11 is 11.7. The maximum atomic E-state index is 12.1. The Hall–Kier alpha value is -2.08. The van der Waals surface area contributed by atoms with Crippen molar-refractivity contribution in [2.75, 3.05) is 27.2 Å². The lowest BCUT2D eigenvalue weighted by molar-refractivity contribution is -0.120. The average molecular weight is 394 g/mol. The Kier molecular flexibility index (Phi) is 7.45. The van der Waals surface area contributed by atoms with E-state index < -0.39 is 0 Å². The van der Waals surface area contributed by atoms with Crippen LogP contribution in [0.4, 0.5) is 0 Å². The monoisotopic (exact) mass is 393 g/mol. The number of nitrogens with zero attached hydrogens (tertiary/aromatic N) is 1. The third-order valence-electron chi connectivity index (χ3n) is 3.89. The fourth-order valence-electron chi connectivity index (χ4n) is 2.45. The van der Waals surface area contributed by atoms with Crippen molar-refractivity contribution < 1.29 is 9.59 Å². The maximum Gasteiger partial charge on any atom is 0.251 e. The second-order valence-corrected chi connectivity index (χ2v) is 6.82. The van der Waals surface area contributed by atoms with Crippen LogP contribution in [0.25, 0.3) is 0 Å². The number of likely N-dealkylation sites (N-methyl/N-ethyl adjacent to an activating group) is 1. The summed E-state index contributed by atoms with van der Waals surface area (Å²) in [6, 6.07) is 14.5. The molecule has 0 bridgehead atoms. The highest BCUT2D eigenvalue weighted by Crippen LogP contribution is 2.22. The van der Waals surface area contributed by atoms with E-state index in [1.807, 2.05) is 49.3 Å². The zero-order chi connectivity index (χ0) is 19.1. The number of nitrogens with one attached hydrogen (secondary N) is 2. The molecule has 0 aliphatic carbocycles. The Bertz CT molecular complexity index is 767. The fraction of sp³-hybridized carbons (Fsp3) is 0.263. The summed E-state index contributed by atoms with van der Waals surface area (Å²) in [5.41, 5.74) is 1.46. The predicted octanol–water partition coefficient (Wildman–Crippen LogP) is 3.14. The number of amides is 2. The number of hydrogen-bond donors (Lipinski definition) is 2. The van der Waals surface area contributed by atoms with E-state index >= 15 is 0 Å². The number of benzene rings is 2. The van der Waals surface area contributed by atoms with E-state index in [2.05, 4.69) is 10.6 Å². The maximum absolute atomic E-state index is 12.1. The molecule has 2 aromatic rings. The minimum Gasteiger partial charge on any atom is -0.353 e. The second-order valence-electron chi connectivity index (χ2n) is 6.01. The minimum atomic E-state index is -0.383. The number of rotatable bonds is 7. The molecule has 0 heterocycles. The molecule has 0 aliphatic heterocycles. The summed E-state index contributed by atoms with van der Waals surface area (Å²) in [5, 5.41) is 6.08. The second kappa shape index (κ2) is 9.57. The van der Waals surface area contributed by atoms with Gasteiger partial charge in [-0.25, -0.2) is 0 Å². The first kappa shape index (κ1) is 20.2. The van der Waals surface area contributed by atoms with Crippen LogP contribution < -0.4 is 10.6 Å². The van der Waals surface area contributed by atoms with Gasteiger partial charge in [0.15, 0.2) is 0 Å². The van der Waals surface area contributed by atoms with Crippen molar-refractivity contribution in [1.29, 1.82) is 0 Å². The van der Waals surface area contributed by atoms with Crippen molar-refractivity contribution >= 4 is 35.0 Å². The molecule has 0 radical (unpaired) electrons. The Labute approximate surface area is 163 Å². The molecule has 0 saturated heterocycles. The van der Waals surface area contributed by atoms with Crippen LogP contribution in [0, 0.1) is 0 Å². The van der Waals surface area contributed by atoms with Gasteiger partial charge in [0.2, 0.25) is 5.91 Å². The van der Waals surface area contributed by atoms with Crippen molar-refractivity contribution in [3.63, 3.8) is 0 Å². The van der Waals surface area contributed by atoms with Gasteiger partial charge in [-0.05, 0) is 37.9 Å². The van der Waals surface area contributed by atoms with Crippen LogP contribution in [0.15, 0.2) is 48.5 Å². The zero-order valence-corrected chi connectivity index (χ0v) is 16.1. The topological polar surface area (TPSA) is 61.4 Å². The highest BCUT2D eigenvalue weighted by molar-refractivity contribution is 6.42. The van der Waals surface area contributed by atoms with Gasteiger partial charge in [-0.3, -0.25) is 9.59 Å². The van der Waals surface area contributed by atoms with Crippen LogP contribution in [-0.4, -0.2) is 43.9 Å². The third-order valence-corrected chi connectivity index (χ3v) is 4.63. The van der Waals surface area contributed by atoms with Crippen molar-refractivity contribution in [3.05, 3.63) is 69.7 Å². The molecular formula is C19H21Cl2N3O2. The molecule has 7 heteroatoms. The van der Waals surface area contributed by atoms with Gasteiger partial charge in [0.1, 0.15) is 0 Å². The van der Waals surface area contributed by atoms with Gasteiger partial charge in [0, 0.05) is 12.1 Å². The summed E-state index contributed by atoms with van der Waals surface area (Å²) in [6.07, 6.45) is 0. The number of hydrogen-bond acceptors (Lipinski definition) is 3. The van der Waals surface area contributed by atoms with Gasteiger partial charge in [-0.1, -0.05) is 53.5 Å². The first-order valence-electron chi connectivity index (χ1n) is 8.10. The Morgan fingerprint density at radius 3 is 2.31 bits per heavy atom. The molecule has 5 nitrogen and oxygen atoms in total. The van der Waals surface area contributed by atoms with Crippen molar-refractivity contribution in [2.24, 2.45) is 0 Å². The van der Waals surface area contributed by atoms with Crippen molar-refractivity contribution in [1.82, 2.24) is 15.5 Å². The molecule has 0 aliphatic rings. The van der Waals surface area contributed by atoms with E-state index in [1.165, 1.54) is 6.07 Å². The van der Waals surface area contributed by atoms with E-state index in [0.717, 1.165) is 5.56 Å². The van der Waals surface area contributed by atoms with E-state index in [1.54, 1.807) is 12.1 Å². The van der Waals surface area contributed by atoms with Crippen LogP contribution in [0.3, 0.4) is 0 Å². The predicted molar refractivity (Wildman–Crippen MR) is 105 cm³/mol. The largest absolute Gasteiger partial charge is 0.353 e.